The molecule has 0 bridgehead atoms. The number of nitrogens with one attached hydrogen (secondary N) is 2. The number of ether oxygens (including phenoxy) is 1. The Labute approximate surface area is 131 Å². The molecule has 0 saturated heterocycles. The van der Waals surface area contributed by atoms with E-state index in [1.54, 1.807) is 14.0 Å². The molecule has 1 aromatic heterocycles. The first kappa shape index (κ1) is 16.0. The highest BCUT2D eigenvalue weighted by Gasteiger charge is 2.26. The number of carbonyl (C=O) groups is 1. The molecule has 0 aliphatic heterocycles. The lowest BCUT2D eigenvalue weighted by Gasteiger charge is -2.16. The van der Waals surface area contributed by atoms with Crippen LogP contribution in [0.15, 0.2) is 15.5 Å². The maximum Gasteiger partial charge on any atom is 0.283 e. The number of anilines is 1. The topological polar surface area (TPSA) is 85.2 Å². The lowest BCUT2D eigenvalue weighted by molar-refractivity contribution is -0.121. The van der Waals surface area contributed by atoms with Crippen LogP contribution in [-0.2, 0) is 16.1 Å². The second-order valence-corrected chi connectivity index (χ2v) is 5.84. The zero-order valence-corrected chi connectivity index (χ0v) is 13.6. The third-order valence-electron chi connectivity index (χ3n) is 3.18. The molecule has 1 amide bonds. The number of hydrogen-bond donors (Lipinski definition) is 2. The van der Waals surface area contributed by atoms with E-state index in [1.807, 2.05) is 0 Å². The number of amides is 1. The Balaban J connectivity index is 2.04. The van der Waals surface area contributed by atoms with Gasteiger partial charge in [0.25, 0.3) is 5.56 Å². The summed E-state index contributed by atoms with van der Waals surface area (Å²) in [6.07, 6.45) is 3.61. The molecule has 21 heavy (non-hydrogen) atoms. The molecule has 2 N–H and O–H groups in total. The third-order valence-corrected chi connectivity index (χ3v) is 3.95. The van der Waals surface area contributed by atoms with Gasteiger partial charge in [-0.25, -0.2) is 4.68 Å². The molecule has 7 nitrogen and oxygen atoms in total. The molecule has 0 spiro atoms. The van der Waals surface area contributed by atoms with Crippen LogP contribution in [0, 0.1) is 0 Å². The summed E-state index contributed by atoms with van der Waals surface area (Å²) in [5.41, 5.74) is 0.249. The lowest BCUT2D eigenvalue weighted by Crippen LogP contribution is -2.39. The highest BCUT2D eigenvalue weighted by molar-refractivity contribution is 9.10. The number of rotatable bonds is 7. The van der Waals surface area contributed by atoms with Crippen LogP contribution in [0.3, 0.4) is 0 Å². The van der Waals surface area contributed by atoms with Crippen LogP contribution < -0.4 is 16.2 Å². The molecule has 2 rings (SSSR count). The summed E-state index contributed by atoms with van der Waals surface area (Å²) in [7, 11) is 1.57. The predicted octanol–water partition coefficient (Wildman–Crippen LogP) is 0.731. The molecule has 1 heterocycles. The van der Waals surface area contributed by atoms with Crippen molar-refractivity contribution in [3.8, 4) is 0 Å². The SMILES string of the molecule is COCCn1ncc(NC(C)C(=O)NC2CC2)c(Br)c1=O. The van der Waals surface area contributed by atoms with E-state index >= 15 is 0 Å². The van der Waals surface area contributed by atoms with Crippen molar-refractivity contribution in [1.82, 2.24) is 15.1 Å². The van der Waals surface area contributed by atoms with Crippen LogP contribution in [0.2, 0.25) is 0 Å². The Morgan fingerprint density at radius 3 is 2.95 bits per heavy atom. The number of methoxy groups -OCH3 is 1. The van der Waals surface area contributed by atoms with Gasteiger partial charge in [0.15, 0.2) is 0 Å². The van der Waals surface area contributed by atoms with Crippen molar-refractivity contribution in [1.29, 1.82) is 0 Å². The molecule has 0 radical (unpaired) electrons. The first-order chi connectivity index (χ1) is 10.0. The summed E-state index contributed by atoms with van der Waals surface area (Å²) in [6, 6.07) is -0.122. The largest absolute Gasteiger partial charge is 0.383 e. The van der Waals surface area contributed by atoms with Gasteiger partial charge < -0.3 is 15.4 Å². The summed E-state index contributed by atoms with van der Waals surface area (Å²) >= 11 is 3.26. The van der Waals surface area contributed by atoms with Gasteiger partial charge in [-0.3, -0.25) is 9.59 Å². The minimum Gasteiger partial charge on any atom is -0.383 e. The van der Waals surface area contributed by atoms with Gasteiger partial charge in [-0.2, -0.15) is 5.10 Å². The van der Waals surface area contributed by atoms with E-state index in [1.165, 1.54) is 10.9 Å². The number of carbonyl (C=O) groups excluding carboxylic acids is 1. The fourth-order valence-electron chi connectivity index (χ4n) is 1.76. The van der Waals surface area contributed by atoms with Gasteiger partial charge in [0, 0.05) is 13.2 Å². The van der Waals surface area contributed by atoms with Gasteiger partial charge in [-0.05, 0) is 35.7 Å². The van der Waals surface area contributed by atoms with E-state index in [0.717, 1.165) is 12.8 Å². The van der Waals surface area contributed by atoms with E-state index in [2.05, 4.69) is 31.7 Å². The zero-order valence-electron chi connectivity index (χ0n) is 12.1. The van der Waals surface area contributed by atoms with Crippen molar-refractivity contribution < 1.29 is 9.53 Å². The number of hydrogen-bond acceptors (Lipinski definition) is 5. The summed E-state index contributed by atoms with van der Waals surface area (Å²) in [6.45, 7) is 2.54. The number of nitrogens with zero attached hydrogens (tertiary/aromatic N) is 2. The fraction of sp³-hybridized carbons (Fsp3) is 0.615. The number of halogens is 1. The van der Waals surface area contributed by atoms with Gasteiger partial charge in [0.1, 0.15) is 10.5 Å². The van der Waals surface area contributed by atoms with E-state index in [0.29, 0.717) is 29.4 Å². The maximum absolute atomic E-state index is 12.1. The Bertz CT molecular complexity index is 571. The van der Waals surface area contributed by atoms with Crippen LogP contribution in [0.25, 0.3) is 0 Å². The predicted molar refractivity (Wildman–Crippen MR) is 82.3 cm³/mol. The van der Waals surface area contributed by atoms with Crippen LogP contribution in [0.4, 0.5) is 5.69 Å². The van der Waals surface area contributed by atoms with Crippen molar-refractivity contribution in [2.45, 2.75) is 38.4 Å². The summed E-state index contributed by atoms with van der Waals surface area (Å²) in [5.74, 6) is -0.0760. The molecule has 1 aliphatic rings. The molecule has 0 aromatic carbocycles. The maximum atomic E-state index is 12.1. The summed E-state index contributed by atoms with van der Waals surface area (Å²) < 4.78 is 6.60. The van der Waals surface area contributed by atoms with E-state index < -0.39 is 6.04 Å². The second kappa shape index (κ2) is 7.04. The van der Waals surface area contributed by atoms with Gasteiger partial charge in [0.05, 0.1) is 25.0 Å². The Morgan fingerprint density at radius 2 is 2.33 bits per heavy atom. The van der Waals surface area contributed by atoms with Crippen LogP contribution in [0.5, 0.6) is 0 Å². The molecular weight excluding hydrogens is 340 g/mol. The first-order valence-electron chi connectivity index (χ1n) is 6.84. The van der Waals surface area contributed by atoms with Gasteiger partial charge in [0.2, 0.25) is 5.91 Å². The minimum absolute atomic E-state index is 0.0760. The van der Waals surface area contributed by atoms with Crippen LogP contribution >= 0.6 is 15.9 Å². The molecule has 116 valence electrons. The lowest BCUT2D eigenvalue weighted by atomic mass is 10.3. The summed E-state index contributed by atoms with van der Waals surface area (Å²) in [5, 5.41) is 9.97. The minimum atomic E-state index is -0.432. The van der Waals surface area contributed by atoms with Gasteiger partial charge in [-0.15, -0.1) is 0 Å². The fourth-order valence-corrected chi connectivity index (χ4v) is 2.18. The van der Waals surface area contributed by atoms with Gasteiger partial charge in [-0.1, -0.05) is 0 Å². The standard InChI is InChI=1S/C13H19BrN4O3/c1-8(12(19)17-9-3-4-9)16-10-7-15-18(5-6-21-2)13(20)11(10)14/h7-9,16H,3-6H2,1-2H3,(H,17,19). The molecule has 1 atom stereocenters. The highest BCUT2D eigenvalue weighted by atomic mass is 79.9. The van der Waals surface area contributed by atoms with Crippen molar-refractivity contribution in [2.24, 2.45) is 0 Å². The molecular formula is C13H19BrN4O3. The average Bonchev–Trinajstić information content (AvgIpc) is 3.27. The Hall–Kier alpha value is -1.41. The quantitative estimate of drug-likeness (QED) is 0.750. The van der Waals surface area contributed by atoms with Crippen LogP contribution in [0.1, 0.15) is 19.8 Å². The highest BCUT2D eigenvalue weighted by Crippen LogP contribution is 2.20. The molecule has 1 unspecified atom stereocenters. The van der Waals surface area contributed by atoms with Crippen LogP contribution in [-0.4, -0.2) is 41.5 Å². The monoisotopic (exact) mass is 358 g/mol. The zero-order chi connectivity index (χ0) is 15.4. The number of aromatic nitrogens is 2. The van der Waals surface area contributed by atoms with Crippen molar-refractivity contribution >= 4 is 27.5 Å². The Kier molecular flexibility index (Phi) is 5.35. The van der Waals surface area contributed by atoms with Crippen molar-refractivity contribution in [2.75, 3.05) is 19.0 Å². The van der Waals surface area contributed by atoms with Crippen molar-refractivity contribution in [3.05, 3.63) is 21.0 Å². The molecule has 1 saturated carbocycles. The molecule has 1 fully saturated rings. The third kappa shape index (κ3) is 4.28. The normalized spacial score (nSPS) is 15.6. The van der Waals surface area contributed by atoms with Gasteiger partial charge >= 0.3 is 0 Å². The average molecular weight is 359 g/mol. The smallest absolute Gasteiger partial charge is 0.283 e. The Morgan fingerprint density at radius 1 is 1.62 bits per heavy atom. The molecule has 8 heteroatoms. The van der Waals surface area contributed by atoms with E-state index in [4.69, 9.17) is 4.74 Å². The summed E-state index contributed by atoms with van der Waals surface area (Å²) in [4.78, 5) is 24.0. The first-order valence-corrected chi connectivity index (χ1v) is 7.63. The second-order valence-electron chi connectivity index (χ2n) is 5.04. The molecule has 1 aliphatic carbocycles. The van der Waals surface area contributed by atoms with E-state index in [-0.39, 0.29) is 11.5 Å². The van der Waals surface area contributed by atoms with E-state index in [9.17, 15) is 9.59 Å². The molecule has 1 aromatic rings. The van der Waals surface area contributed by atoms with Crippen molar-refractivity contribution in [3.63, 3.8) is 0 Å².